The molecule has 4 aliphatic carbocycles. The first kappa shape index (κ1) is 19.6. The Bertz CT molecular complexity index is 870. The number of Topliss-reactive ketones (excluding diaryl/α,β-unsaturated/α-hetero) is 1. The number of carbonyl (C=O) groups excluding carboxylic acids is 2. The average molecular weight is 405 g/mol. The van der Waals surface area contributed by atoms with Crippen molar-refractivity contribution < 1.29 is 23.5 Å². The molecule has 0 radical (unpaired) electrons. The molecule has 5 aliphatic rings. The number of nitrogens with one attached hydrogen (secondary N) is 1. The first-order valence-corrected chi connectivity index (χ1v) is 10.7. The lowest BCUT2D eigenvalue weighted by atomic mass is 9.43. The Morgan fingerprint density at radius 2 is 2.00 bits per heavy atom. The van der Waals surface area contributed by atoms with Gasteiger partial charge in [-0.3, -0.25) is 9.59 Å². The van der Waals surface area contributed by atoms with E-state index < -0.39 is 40.1 Å². The molecule has 0 amide bonds. The smallest absolute Gasteiger partial charge is 0.178 e. The van der Waals surface area contributed by atoms with Gasteiger partial charge in [0.1, 0.15) is 12.0 Å². The van der Waals surface area contributed by atoms with Crippen LogP contribution in [0.3, 0.4) is 0 Å². The summed E-state index contributed by atoms with van der Waals surface area (Å²) in [5, 5.41) is 14.6. The lowest BCUT2D eigenvalue weighted by Gasteiger charge is -2.63. The normalized spacial score (nSPS) is 55.6. The number of aliphatic hydroxyl groups excluding tert-OH is 1. The molecule has 0 aromatic heterocycles. The van der Waals surface area contributed by atoms with E-state index in [2.05, 4.69) is 5.32 Å². The van der Waals surface area contributed by atoms with Crippen LogP contribution in [-0.4, -0.2) is 47.7 Å². The zero-order valence-electron chi connectivity index (χ0n) is 17.2. The first-order valence-electron chi connectivity index (χ1n) is 10.7. The van der Waals surface area contributed by atoms with Gasteiger partial charge in [-0.15, -0.1) is 0 Å². The quantitative estimate of drug-likeness (QED) is 0.704. The van der Waals surface area contributed by atoms with Crippen LogP contribution in [0.4, 0.5) is 8.78 Å². The van der Waals surface area contributed by atoms with Crippen LogP contribution in [0.5, 0.6) is 0 Å². The minimum atomic E-state index is -2.06. The predicted octanol–water partition coefficient (Wildman–Crippen LogP) is 2.71. The van der Waals surface area contributed by atoms with Gasteiger partial charge in [-0.2, -0.15) is 0 Å². The number of carbonyl (C=O) groups is 2. The lowest BCUT2D eigenvalue weighted by molar-refractivity contribution is -0.210. The highest BCUT2D eigenvalue weighted by Crippen LogP contribution is 2.73. The molecule has 1 saturated heterocycles. The van der Waals surface area contributed by atoms with Crippen LogP contribution >= 0.6 is 0 Å². The van der Waals surface area contributed by atoms with Gasteiger partial charge in [0, 0.05) is 17.9 Å². The molecular weight excluding hydrogens is 376 g/mol. The predicted molar refractivity (Wildman–Crippen MR) is 103 cm³/mol. The Balaban J connectivity index is 1.67. The number of hydrogen-bond acceptors (Lipinski definition) is 4. The van der Waals surface area contributed by atoms with Gasteiger partial charge in [-0.25, -0.2) is 8.78 Å². The lowest BCUT2D eigenvalue weighted by Crippen LogP contribution is -2.69. The highest BCUT2D eigenvalue weighted by molar-refractivity contribution is 6.01. The zero-order chi connectivity index (χ0) is 21.0. The number of alkyl halides is 2. The minimum Gasteiger partial charge on any atom is -0.390 e. The van der Waals surface area contributed by atoms with E-state index in [1.54, 1.807) is 13.8 Å². The van der Waals surface area contributed by atoms with Gasteiger partial charge in [-0.05, 0) is 74.6 Å². The number of hydrogen-bond donors (Lipinski definition) is 2. The van der Waals surface area contributed by atoms with Gasteiger partial charge in [0.2, 0.25) is 0 Å². The number of fused-ring (bicyclic) bond motifs is 7. The summed E-state index contributed by atoms with van der Waals surface area (Å²) in [5.41, 5.74) is -4.50. The van der Waals surface area contributed by atoms with Crippen LogP contribution in [0.2, 0.25) is 0 Å². The summed E-state index contributed by atoms with van der Waals surface area (Å²) in [6.07, 6.45) is 2.00. The fraction of sp³-hybridized carbons (Fsp3) is 0.739. The SMILES string of the molecule is CC(=O)C12CNCC1CC1C3CC(F)C4=CC(=O)C=CC4(C)C3(F)C(O)CC12C. The van der Waals surface area contributed by atoms with E-state index in [4.69, 9.17) is 0 Å². The van der Waals surface area contributed by atoms with Crippen LogP contribution in [0.25, 0.3) is 0 Å². The summed E-state index contributed by atoms with van der Waals surface area (Å²) < 4.78 is 32.4. The van der Waals surface area contributed by atoms with Gasteiger partial charge in [-0.1, -0.05) is 13.0 Å². The Morgan fingerprint density at radius 1 is 1.28 bits per heavy atom. The van der Waals surface area contributed by atoms with E-state index in [0.717, 1.165) is 0 Å². The van der Waals surface area contributed by atoms with Crippen molar-refractivity contribution in [2.75, 3.05) is 13.1 Å². The monoisotopic (exact) mass is 405 g/mol. The topological polar surface area (TPSA) is 66.4 Å². The maximum absolute atomic E-state index is 17.0. The molecule has 0 spiro atoms. The third-order valence-electron chi connectivity index (χ3n) is 9.70. The molecule has 5 rings (SSSR count). The molecular formula is C23H29F2NO3. The number of allylic oxidation sites excluding steroid dienone is 4. The zero-order valence-corrected chi connectivity index (χ0v) is 17.2. The van der Waals surface area contributed by atoms with Crippen LogP contribution in [-0.2, 0) is 9.59 Å². The molecule has 158 valence electrons. The maximum atomic E-state index is 17.0. The summed E-state index contributed by atoms with van der Waals surface area (Å²) in [5.74, 6) is -1.06. The van der Waals surface area contributed by atoms with E-state index in [1.165, 1.54) is 18.2 Å². The van der Waals surface area contributed by atoms with Gasteiger partial charge in [0.25, 0.3) is 0 Å². The van der Waals surface area contributed by atoms with Crippen molar-refractivity contribution in [2.24, 2.45) is 34.0 Å². The summed E-state index contributed by atoms with van der Waals surface area (Å²) in [6, 6.07) is 0. The van der Waals surface area contributed by atoms with Crippen LogP contribution in [0.15, 0.2) is 23.8 Å². The first-order chi connectivity index (χ1) is 13.5. The molecule has 0 bridgehead atoms. The number of halogens is 2. The molecule has 9 atom stereocenters. The minimum absolute atomic E-state index is 0.0511. The van der Waals surface area contributed by atoms with Gasteiger partial charge >= 0.3 is 0 Å². The van der Waals surface area contributed by atoms with Crippen molar-refractivity contribution in [2.45, 2.75) is 58.0 Å². The van der Waals surface area contributed by atoms with Crippen molar-refractivity contribution in [1.82, 2.24) is 5.32 Å². The largest absolute Gasteiger partial charge is 0.390 e. The summed E-state index contributed by atoms with van der Waals surface area (Å²) in [6.45, 7) is 6.46. The summed E-state index contributed by atoms with van der Waals surface area (Å²) >= 11 is 0. The van der Waals surface area contributed by atoms with Gasteiger partial charge in [0.15, 0.2) is 11.5 Å². The molecule has 9 unspecified atom stereocenters. The van der Waals surface area contributed by atoms with E-state index >= 15 is 8.78 Å². The Kier molecular flexibility index (Phi) is 3.80. The number of aliphatic hydroxyl groups is 1. The molecule has 4 nitrogen and oxygen atoms in total. The van der Waals surface area contributed by atoms with Gasteiger partial charge in [0.05, 0.1) is 11.5 Å². The highest BCUT2D eigenvalue weighted by Gasteiger charge is 2.77. The Morgan fingerprint density at radius 3 is 2.69 bits per heavy atom. The standard InChI is InChI=1S/C23H29F2NO3/c1-12(27)22-11-26-10-13(22)6-15-16-8-18(24)17-7-14(28)4-5-20(17,2)23(16,25)19(29)9-21(15,22)3/h4-5,7,13,15-16,18-19,26,29H,6,8-11H2,1-3H3. The van der Waals surface area contributed by atoms with Crippen molar-refractivity contribution in [3.63, 3.8) is 0 Å². The molecule has 0 aromatic carbocycles. The maximum Gasteiger partial charge on any atom is 0.178 e. The fourth-order valence-corrected chi connectivity index (χ4v) is 8.34. The second-order valence-corrected chi connectivity index (χ2v) is 10.5. The third-order valence-corrected chi connectivity index (χ3v) is 9.70. The van der Waals surface area contributed by atoms with Crippen molar-refractivity contribution in [1.29, 1.82) is 0 Å². The second kappa shape index (κ2) is 5.64. The number of ketones is 2. The molecule has 1 heterocycles. The van der Waals surface area contributed by atoms with Crippen molar-refractivity contribution >= 4 is 11.6 Å². The van der Waals surface area contributed by atoms with E-state index in [1.807, 2.05) is 6.92 Å². The fourth-order valence-electron chi connectivity index (χ4n) is 8.34. The molecule has 29 heavy (non-hydrogen) atoms. The van der Waals surface area contributed by atoms with E-state index in [-0.39, 0.29) is 41.8 Å². The van der Waals surface area contributed by atoms with E-state index in [0.29, 0.717) is 19.5 Å². The van der Waals surface area contributed by atoms with Crippen LogP contribution < -0.4 is 5.32 Å². The summed E-state index contributed by atoms with van der Waals surface area (Å²) in [7, 11) is 0. The van der Waals surface area contributed by atoms with Gasteiger partial charge < -0.3 is 10.4 Å². The van der Waals surface area contributed by atoms with Crippen LogP contribution in [0, 0.1) is 34.0 Å². The molecule has 6 heteroatoms. The molecule has 0 aromatic rings. The molecule has 1 aliphatic heterocycles. The average Bonchev–Trinajstić information content (AvgIpc) is 3.17. The second-order valence-electron chi connectivity index (χ2n) is 10.5. The highest BCUT2D eigenvalue weighted by atomic mass is 19.1. The Hall–Kier alpha value is -1.40. The van der Waals surface area contributed by atoms with E-state index in [9.17, 15) is 14.7 Å². The molecule has 4 fully saturated rings. The summed E-state index contributed by atoms with van der Waals surface area (Å²) in [4.78, 5) is 24.8. The Labute approximate surface area is 169 Å². The molecule has 3 saturated carbocycles. The number of rotatable bonds is 1. The molecule has 2 N–H and O–H groups in total. The van der Waals surface area contributed by atoms with Crippen molar-refractivity contribution in [3.05, 3.63) is 23.8 Å². The third kappa shape index (κ3) is 1.96. The van der Waals surface area contributed by atoms with Crippen molar-refractivity contribution in [3.8, 4) is 0 Å². The van der Waals surface area contributed by atoms with Crippen LogP contribution in [0.1, 0.15) is 40.0 Å².